The molecule has 0 spiro atoms. The Bertz CT molecular complexity index is 497. The Morgan fingerprint density at radius 2 is 2.04 bits per heavy atom. The number of methoxy groups -OCH3 is 1. The predicted octanol–water partition coefficient (Wildman–Crippen LogP) is 2.78. The summed E-state index contributed by atoms with van der Waals surface area (Å²) in [5, 5.41) is 15.4. The maximum atomic E-state index is 12.2. The van der Waals surface area contributed by atoms with E-state index >= 15 is 0 Å². The van der Waals surface area contributed by atoms with Gasteiger partial charge in [0.2, 0.25) is 0 Å². The van der Waals surface area contributed by atoms with Gasteiger partial charge in [-0.2, -0.15) is 0 Å². The standard InChI is InChI=1S/C18H30N2O3/c1-13-7-6-8-14(11-13)16(18(2,3)4)20-17(22)19-10-9-15(21)12-23-5/h6-8,11,15-16,21H,9-10,12H2,1-5H3,(H2,19,20,22). The summed E-state index contributed by atoms with van der Waals surface area (Å²) in [6, 6.07) is 7.86. The molecule has 0 aliphatic carbocycles. The molecule has 3 N–H and O–H groups in total. The van der Waals surface area contributed by atoms with Crippen LogP contribution in [0.25, 0.3) is 0 Å². The summed E-state index contributed by atoms with van der Waals surface area (Å²) in [5.41, 5.74) is 2.15. The third-order valence-corrected chi connectivity index (χ3v) is 3.64. The highest BCUT2D eigenvalue weighted by Gasteiger charge is 2.27. The number of hydrogen-bond acceptors (Lipinski definition) is 3. The Balaban J connectivity index is 2.63. The second-order valence-electron chi connectivity index (χ2n) is 7.01. The Kier molecular flexibility index (Phi) is 7.52. The second kappa shape index (κ2) is 8.89. The molecule has 0 aromatic heterocycles. The third-order valence-electron chi connectivity index (χ3n) is 3.64. The van der Waals surface area contributed by atoms with Crippen LogP contribution in [0.5, 0.6) is 0 Å². The first-order valence-electron chi connectivity index (χ1n) is 8.02. The van der Waals surface area contributed by atoms with Crippen LogP contribution in [-0.2, 0) is 4.74 Å². The lowest BCUT2D eigenvalue weighted by Gasteiger charge is -2.32. The van der Waals surface area contributed by atoms with Crippen LogP contribution in [-0.4, -0.2) is 37.5 Å². The van der Waals surface area contributed by atoms with Crippen molar-refractivity contribution >= 4 is 6.03 Å². The first-order valence-corrected chi connectivity index (χ1v) is 8.02. The van der Waals surface area contributed by atoms with Crippen molar-refractivity contribution in [2.24, 2.45) is 5.41 Å². The number of aliphatic hydroxyl groups is 1. The van der Waals surface area contributed by atoms with Gasteiger partial charge in [0.05, 0.1) is 18.8 Å². The fraction of sp³-hybridized carbons (Fsp3) is 0.611. The Hall–Kier alpha value is -1.59. The van der Waals surface area contributed by atoms with Crippen molar-refractivity contribution in [3.8, 4) is 0 Å². The van der Waals surface area contributed by atoms with E-state index < -0.39 is 6.10 Å². The van der Waals surface area contributed by atoms with Gasteiger partial charge < -0.3 is 20.5 Å². The number of urea groups is 1. The molecule has 0 radical (unpaired) electrons. The number of benzene rings is 1. The van der Waals surface area contributed by atoms with E-state index in [1.165, 1.54) is 5.56 Å². The van der Waals surface area contributed by atoms with Gasteiger partial charge in [0.1, 0.15) is 0 Å². The van der Waals surface area contributed by atoms with Crippen LogP contribution in [0.3, 0.4) is 0 Å². The van der Waals surface area contributed by atoms with Crippen molar-refractivity contribution in [2.45, 2.75) is 46.3 Å². The van der Waals surface area contributed by atoms with Crippen LogP contribution >= 0.6 is 0 Å². The maximum absolute atomic E-state index is 12.2. The van der Waals surface area contributed by atoms with Gasteiger partial charge >= 0.3 is 6.03 Å². The van der Waals surface area contributed by atoms with Gasteiger partial charge in [-0.3, -0.25) is 0 Å². The SMILES string of the molecule is COCC(O)CCNC(=O)NC(c1cccc(C)c1)C(C)(C)C. The molecule has 0 saturated heterocycles. The molecular formula is C18H30N2O3. The van der Waals surface area contributed by atoms with Crippen LogP contribution in [0.4, 0.5) is 4.79 Å². The Labute approximate surface area is 139 Å². The molecule has 0 aliphatic rings. The summed E-state index contributed by atoms with van der Waals surface area (Å²) in [5.74, 6) is 0. The smallest absolute Gasteiger partial charge is 0.315 e. The highest BCUT2D eigenvalue weighted by atomic mass is 16.5. The molecule has 5 nitrogen and oxygen atoms in total. The molecule has 1 aromatic rings. The van der Waals surface area contributed by atoms with Gasteiger partial charge in [0.15, 0.2) is 0 Å². The summed E-state index contributed by atoms with van der Waals surface area (Å²) in [4.78, 5) is 12.2. The number of carbonyl (C=O) groups excluding carboxylic acids is 1. The van der Waals surface area contributed by atoms with E-state index in [-0.39, 0.29) is 24.1 Å². The summed E-state index contributed by atoms with van der Waals surface area (Å²) in [7, 11) is 1.54. The molecule has 1 aromatic carbocycles. The summed E-state index contributed by atoms with van der Waals surface area (Å²) >= 11 is 0. The van der Waals surface area contributed by atoms with Crippen molar-refractivity contribution < 1.29 is 14.6 Å². The summed E-state index contributed by atoms with van der Waals surface area (Å²) < 4.78 is 4.86. The minimum absolute atomic E-state index is 0.0914. The summed E-state index contributed by atoms with van der Waals surface area (Å²) in [6.07, 6.45) is -0.0956. The van der Waals surface area contributed by atoms with E-state index in [9.17, 15) is 9.90 Å². The van der Waals surface area contributed by atoms with Gasteiger partial charge in [0, 0.05) is 13.7 Å². The first kappa shape index (κ1) is 19.5. The van der Waals surface area contributed by atoms with Gasteiger partial charge in [0.25, 0.3) is 0 Å². The average Bonchev–Trinajstić information content (AvgIpc) is 2.44. The molecule has 2 atom stereocenters. The third kappa shape index (κ3) is 7.01. The number of hydrogen-bond donors (Lipinski definition) is 3. The maximum Gasteiger partial charge on any atom is 0.315 e. The normalized spacial score (nSPS) is 14.2. The van der Waals surface area contributed by atoms with Crippen molar-refractivity contribution in [3.63, 3.8) is 0 Å². The lowest BCUT2D eigenvalue weighted by molar-refractivity contribution is 0.0598. The van der Waals surface area contributed by atoms with Gasteiger partial charge in [-0.1, -0.05) is 50.6 Å². The van der Waals surface area contributed by atoms with Crippen LogP contribution in [0.1, 0.15) is 44.4 Å². The number of carbonyl (C=O) groups is 1. The summed E-state index contributed by atoms with van der Waals surface area (Å²) in [6.45, 7) is 9.02. The van der Waals surface area contributed by atoms with Crippen LogP contribution < -0.4 is 10.6 Å². The largest absolute Gasteiger partial charge is 0.391 e. The van der Waals surface area contributed by atoms with E-state index in [4.69, 9.17) is 4.74 Å². The molecule has 1 rings (SSSR count). The van der Waals surface area contributed by atoms with E-state index in [1.807, 2.05) is 25.1 Å². The zero-order valence-corrected chi connectivity index (χ0v) is 14.8. The van der Waals surface area contributed by atoms with Crippen LogP contribution in [0, 0.1) is 12.3 Å². The number of ether oxygens (including phenoxy) is 1. The zero-order valence-electron chi connectivity index (χ0n) is 14.8. The first-order chi connectivity index (χ1) is 10.7. The molecule has 130 valence electrons. The quantitative estimate of drug-likeness (QED) is 0.723. The molecule has 0 bridgehead atoms. The van der Waals surface area contributed by atoms with Crippen LogP contribution in [0.15, 0.2) is 24.3 Å². The zero-order chi connectivity index (χ0) is 17.5. The second-order valence-corrected chi connectivity index (χ2v) is 7.01. The van der Waals surface area contributed by atoms with Crippen molar-refractivity contribution in [1.29, 1.82) is 0 Å². The van der Waals surface area contributed by atoms with E-state index in [2.05, 4.69) is 37.5 Å². The fourth-order valence-electron chi connectivity index (χ4n) is 2.46. The van der Waals surface area contributed by atoms with E-state index in [1.54, 1.807) is 7.11 Å². The van der Waals surface area contributed by atoms with E-state index in [0.29, 0.717) is 13.0 Å². The number of nitrogens with one attached hydrogen (secondary N) is 2. The van der Waals surface area contributed by atoms with E-state index in [0.717, 1.165) is 5.56 Å². The van der Waals surface area contributed by atoms with Gasteiger partial charge in [-0.15, -0.1) is 0 Å². The Morgan fingerprint density at radius 3 is 2.61 bits per heavy atom. The van der Waals surface area contributed by atoms with Crippen LogP contribution in [0.2, 0.25) is 0 Å². The van der Waals surface area contributed by atoms with Gasteiger partial charge in [-0.25, -0.2) is 4.79 Å². The molecule has 2 unspecified atom stereocenters. The van der Waals surface area contributed by atoms with Gasteiger partial charge in [-0.05, 0) is 24.3 Å². The number of amides is 2. The highest BCUT2D eigenvalue weighted by Crippen LogP contribution is 2.32. The number of aliphatic hydroxyl groups excluding tert-OH is 1. The van der Waals surface area contributed by atoms with Crippen molar-refractivity contribution in [3.05, 3.63) is 35.4 Å². The lowest BCUT2D eigenvalue weighted by Crippen LogP contribution is -2.43. The van der Waals surface area contributed by atoms with Crippen molar-refractivity contribution in [1.82, 2.24) is 10.6 Å². The molecule has 5 heteroatoms. The molecular weight excluding hydrogens is 292 g/mol. The predicted molar refractivity (Wildman–Crippen MR) is 92.4 cm³/mol. The highest BCUT2D eigenvalue weighted by molar-refractivity contribution is 5.74. The fourth-order valence-corrected chi connectivity index (χ4v) is 2.46. The number of aryl methyl sites for hydroxylation is 1. The lowest BCUT2D eigenvalue weighted by atomic mass is 9.82. The monoisotopic (exact) mass is 322 g/mol. The topological polar surface area (TPSA) is 70.6 Å². The number of rotatable bonds is 7. The molecule has 23 heavy (non-hydrogen) atoms. The average molecular weight is 322 g/mol. The Morgan fingerprint density at radius 1 is 1.35 bits per heavy atom. The molecule has 0 aliphatic heterocycles. The van der Waals surface area contributed by atoms with Crippen molar-refractivity contribution in [2.75, 3.05) is 20.3 Å². The molecule has 0 saturated carbocycles. The molecule has 0 fully saturated rings. The molecule has 0 heterocycles. The minimum Gasteiger partial charge on any atom is -0.391 e. The molecule has 2 amide bonds. The minimum atomic E-state index is -0.560.